The summed E-state index contributed by atoms with van der Waals surface area (Å²) in [5.74, 6) is 0. The minimum Gasteiger partial charge on any atom is -0.276 e. The van der Waals surface area contributed by atoms with Gasteiger partial charge in [0.25, 0.3) is 15.7 Å². The third-order valence-corrected chi connectivity index (χ3v) is 6.51. The highest BCUT2D eigenvalue weighted by atomic mass is 35.5. The molecule has 0 aliphatic rings. The van der Waals surface area contributed by atoms with Gasteiger partial charge in [0.1, 0.15) is 0 Å². The first-order chi connectivity index (χ1) is 14.7. The Morgan fingerprint density at radius 1 is 1.03 bits per heavy atom. The zero-order valence-corrected chi connectivity index (χ0v) is 17.7. The van der Waals surface area contributed by atoms with Crippen LogP contribution in [0.4, 0.5) is 11.4 Å². The van der Waals surface area contributed by atoms with Crippen molar-refractivity contribution in [2.24, 2.45) is 0 Å². The number of sulfonamides is 1. The van der Waals surface area contributed by atoms with E-state index in [-0.39, 0.29) is 27.0 Å². The second-order valence-electron chi connectivity index (χ2n) is 6.79. The second kappa shape index (κ2) is 7.93. The summed E-state index contributed by atoms with van der Waals surface area (Å²) in [5.41, 5.74) is 2.46. The molecule has 1 N–H and O–H groups in total. The van der Waals surface area contributed by atoms with Gasteiger partial charge in [-0.05, 0) is 48.4 Å². The van der Waals surface area contributed by atoms with Crippen molar-refractivity contribution < 1.29 is 13.3 Å². The number of nitro groups is 1. The fourth-order valence-electron chi connectivity index (χ4n) is 3.18. The number of hydrogen-bond acceptors (Lipinski definition) is 6. The number of nitro benzene ring substituents is 1. The molecule has 8 nitrogen and oxygen atoms in total. The largest absolute Gasteiger partial charge is 0.276 e. The Bertz CT molecular complexity index is 1440. The molecule has 2 aromatic carbocycles. The molecule has 156 valence electrons. The van der Waals surface area contributed by atoms with Gasteiger partial charge in [-0.15, -0.1) is 0 Å². The molecule has 0 saturated heterocycles. The number of nitrogens with one attached hydrogen (secondary N) is 1. The summed E-state index contributed by atoms with van der Waals surface area (Å²) in [5, 5.41) is 11.8. The van der Waals surface area contributed by atoms with Gasteiger partial charge < -0.3 is 0 Å². The molecule has 0 fully saturated rings. The molecule has 2 heterocycles. The summed E-state index contributed by atoms with van der Waals surface area (Å²) in [7, 11) is -4.05. The van der Waals surface area contributed by atoms with Gasteiger partial charge in [-0.1, -0.05) is 23.7 Å². The van der Waals surface area contributed by atoms with Crippen LogP contribution < -0.4 is 4.72 Å². The van der Waals surface area contributed by atoms with Crippen LogP contribution >= 0.6 is 11.6 Å². The Morgan fingerprint density at radius 2 is 1.84 bits per heavy atom. The smallest absolute Gasteiger partial charge is 0.269 e. The molecule has 31 heavy (non-hydrogen) atoms. The maximum atomic E-state index is 12.9. The van der Waals surface area contributed by atoms with Gasteiger partial charge in [-0.3, -0.25) is 19.8 Å². The summed E-state index contributed by atoms with van der Waals surface area (Å²) in [4.78, 5) is 18.6. The highest BCUT2D eigenvalue weighted by Crippen LogP contribution is 2.31. The number of fused-ring (bicyclic) bond motifs is 1. The Labute approximate surface area is 182 Å². The molecular formula is C21H15ClN4O4S. The zero-order valence-electron chi connectivity index (χ0n) is 16.1. The quantitative estimate of drug-likeness (QED) is 0.258. The molecule has 4 aromatic rings. The minimum absolute atomic E-state index is 0.0191. The van der Waals surface area contributed by atoms with Crippen molar-refractivity contribution in [1.29, 1.82) is 0 Å². The van der Waals surface area contributed by atoms with Crippen molar-refractivity contribution in [3.05, 3.63) is 87.8 Å². The lowest BCUT2D eigenvalue weighted by molar-refractivity contribution is -0.385. The third kappa shape index (κ3) is 4.18. The monoisotopic (exact) mass is 454 g/mol. The molecule has 0 amide bonds. The Morgan fingerprint density at radius 3 is 2.58 bits per heavy atom. The van der Waals surface area contributed by atoms with Crippen molar-refractivity contribution in [2.45, 2.75) is 11.8 Å². The molecule has 4 rings (SSSR count). The minimum atomic E-state index is -4.05. The Kier molecular flexibility index (Phi) is 5.30. The van der Waals surface area contributed by atoms with Crippen molar-refractivity contribution in [2.75, 3.05) is 4.72 Å². The predicted octanol–water partition coefficient (Wildman–Crippen LogP) is 4.97. The molecule has 0 saturated carbocycles. The van der Waals surface area contributed by atoms with E-state index in [9.17, 15) is 18.5 Å². The van der Waals surface area contributed by atoms with Crippen LogP contribution in [0.3, 0.4) is 0 Å². The molecular weight excluding hydrogens is 440 g/mol. The third-order valence-electron chi connectivity index (χ3n) is 4.68. The number of aryl methyl sites for hydroxylation is 1. The van der Waals surface area contributed by atoms with Crippen molar-refractivity contribution in [3.63, 3.8) is 0 Å². The summed E-state index contributed by atoms with van der Waals surface area (Å²) in [6.45, 7) is 1.49. The van der Waals surface area contributed by atoms with E-state index < -0.39 is 14.9 Å². The highest BCUT2D eigenvalue weighted by Gasteiger charge is 2.21. The average molecular weight is 455 g/mol. The first kappa shape index (κ1) is 20.7. The molecule has 0 aliphatic carbocycles. The summed E-state index contributed by atoms with van der Waals surface area (Å²) < 4.78 is 28.2. The number of aromatic nitrogens is 2. The van der Waals surface area contributed by atoms with Gasteiger partial charge >= 0.3 is 0 Å². The van der Waals surface area contributed by atoms with E-state index in [1.165, 1.54) is 19.1 Å². The number of hydrogen-bond donors (Lipinski definition) is 1. The average Bonchev–Trinajstić information content (AvgIpc) is 2.74. The van der Waals surface area contributed by atoms with Crippen LogP contribution in [0.25, 0.3) is 22.0 Å². The Hall–Kier alpha value is -3.56. The number of halogens is 1. The predicted molar refractivity (Wildman–Crippen MR) is 119 cm³/mol. The number of rotatable bonds is 5. The van der Waals surface area contributed by atoms with Gasteiger partial charge in [0.15, 0.2) is 5.15 Å². The fraction of sp³-hybridized carbons (Fsp3) is 0.0476. The van der Waals surface area contributed by atoms with Gasteiger partial charge in [0.05, 0.1) is 21.0 Å². The summed E-state index contributed by atoms with van der Waals surface area (Å²) in [6, 6.07) is 14.5. The van der Waals surface area contributed by atoms with Crippen LogP contribution in [0.5, 0.6) is 0 Å². The van der Waals surface area contributed by atoms with Crippen molar-refractivity contribution in [3.8, 4) is 11.1 Å². The van der Waals surface area contributed by atoms with E-state index in [4.69, 9.17) is 11.6 Å². The zero-order chi connectivity index (χ0) is 22.2. The van der Waals surface area contributed by atoms with Crippen LogP contribution in [-0.4, -0.2) is 23.3 Å². The van der Waals surface area contributed by atoms with Crippen LogP contribution in [-0.2, 0) is 10.0 Å². The van der Waals surface area contributed by atoms with Crippen LogP contribution in [0.15, 0.2) is 71.9 Å². The number of non-ortho nitro benzene ring substituents is 1. The van der Waals surface area contributed by atoms with Gasteiger partial charge in [0.2, 0.25) is 0 Å². The summed E-state index contributed by atoms with van der Waals surface area (Å²) in [6.07, 6.45) is 3.26. The first-order valence-electron chi connectivity index (χ1n) is 9.03. The lowest BCUT2D eigenvalue weighted by Gasteiger charge is -2.12. The normalized spacial score (nSPS) is 11.4. The maximum Gasteiger partial charge on any atom is 0.269 e. The van der Waals surface area contributed by atoms with Gasteiger partial charge in [-0.25, -0.2) is 13.4 Å². The van der Waals surface area contributed by atoms with E-state index in [1.54, 1.807) is 18.5 Å². The van der Waals surface area contributed by atoms with Crippen LogP contribution in [0.2, 0.25) is 5.15 Å². The van der Waals surface area contributed by atoms with E-state index in [0.717, 1.165) is 22.5 Å². The molecule has 0 aliphatic heterocycles. The fourth-order valence-corrected chi connectivity index (χ4v) is 4.67. The Balaban J connectivity index is 1.71. The van der Waals surface area contributed by atoms with Gasteiger partial charge in [0, 0.05) is 35.5 Å². The first-order valence-corrected chi connectivity index (χ1v) is 10.9. The molecule has 2 aromatic heterocycles. The van der Waals surface area contributed by atoms with Crippen molar-refractivity contribution >= 4 is 43.9 Å². The molecule has 0 atom stereocenters. The molecule has 0 bridgehead atoms. The highest BCUT2D eigenvalue weighted by molar-refractivity contribution is 7.92. The van der Waals surface area contributed by atoms with E-state index >= 15 is 0 Å². The van der Waals surface area contributed by atoms with E-state index in [2.05, 4.69) is 14.7 Å². The molecule has 0 spiro atoms. The van der Waals surface area contributed by atoms with Gasteiger partial charge in [-0.2, -0.15) is 0 Å². The number of benzene rings is 2. The molecule has 10 heteroatoms. The maximum absolute atomic E-state index is 12.9. The number of nitrogens with zero attached hydrogens (tertiary/aromatic N) is 3. The topological polar surface area (TPSA) is 115 Å². The second-order valence-corrected chi connectivity index (χ2v) is 8.79. The lowest BCUT2D eigenvalue weighted by Crippen LogP contribution is -2.15. The SMILES string of the molecule is Cc1cc([N+](=O)[O-])ccc1S(=O)(=O)Nc1cc(-c2ccc3ncccc3c2)cnc1Cl. The standard InChI is InChI=1S/C21H15ClN4O4S/c1-13-9-17(26(27)28)5-7-20(13)31(29,30)25-19-11-16(12-24-21(19)22)14-4-6-18-15(10-14)3-2-8-23-18/h2-12,25H,1H3. The number of anilines is 1. The molecule has 0 unspecified atom stereocenters. The summed E-state index contributed by atoms with van der Waals surface area (Å²) >= 11 is 6.14. The van der Waals surface area contributed by atoms with E-state index in [1.807, 2.05) is 30.3 Å². The van der Waals surface area contributed by atoms with E-state index in [0.29, 0.717) is 5.56 Å². The van der Waals surface area contributed by atoms with Crippen LogP contribution in [0.1, 0.15) is 5.56 Å². The lowest BCUT2D eigenvalue weighted by atomic mass is 10.0. The van der Waals surface area contributed by atoms with Crippen molar-refractivity contribution in [1.82, 2.24) is 9.97 Å². The van der Waals surface area contributed by atoms with Crippen LogP contribution in [0, 0.1) is 17.0 Å². The molecule has 0 radical (unpaired) electrons. The number of pyridine rings is 2.